The van der Waals surface area contributed by atoms with Crippen LogP contribution in [0.3, 0.4) is 0 Å². The van der Waals surface area contributed by atoms with Crippen molar-refractivity contribution < 1.29 is 9.90 Å². The van der Waals surface area contributed by atoms with E-state index in [1.54, 1.807) is 35.2 Å². The molecule has 2 aromatic rings. The van der Waals surface area contributed by atoms with Gasteiger partial charge in [0.2, 0.25) is 0 Å². The number of phenolic OH excluding ortho intramolecular Hbond substituents is 1. The lowest BCUT2D eigenvalue weighted by atomic mass is 10.1. The van der Waals surface area contributed by atoms with Crippen LogP contribution in [0.25, 0.3) is 0 Å². The van der Waals surface area contributed by atoms with Crippen molar-refractivity contribution in [1.82, 2.24) is 0 Å². The van der Waals surface area contributed by atoms with Gasteiger partial charge in [-0.2, -0.15) is 0 Å². The molecular weight excluding hydrogens is 401 g/mol. The van der Waals surface area contributed by atoms with E-state index in [0.29, 0.717) is 22.8 Å². The van der Waals surface area contributed by atoms with Crippen molar-refractivity contribution in [2.75, 3.05) is 11.4 Å². The molecule has 0 aromatic heterocycles. The Balaban J connectivity index is 2.48. The number of phenols is 1. The largest absolute Gasteiger partial charge is 0.508 e. The van der Waals surface area contributed by atoms with E-state index in [4.69, 9.17) is 11.6 Å². The van der Waals surface area contributed by atoms with Crippen LogP contribution in [-0.4, -0.2) is 17.6 Å². The van der Waals surface area contributed by atoms with Gasteiger partial charge in [0.25, 0.3) is 5.91 Å². The van der Waals surface area contributed by atoms with Gasteiger partial charge < -0.3 is 10.0 Å². The molecule has 0 radical (unpaired) electrons. The predicted molar refractivity (Wildman–Crippen MR) is 94.4 cm³/mol. The van der Waals surface area contributed by atoms with E-state index in [0.717, 1.165) is 9.13 Å². The topological polar surface area (TPSA) is 40.5 Å². The van der Waals surface area contributed by atoms with Gasteiger partial charge in [0.15, 0.2) is 0 Å². The van der Waals surface area contributed by atoms with E-state index in [-0.39, 0.29) is 11.7 Å². The SMILES string of the molecule is CCN(C(=O)c1cc(Cl)ccc1I)c1cc(O)ccc1C. The number of aryl methyl sites for hydroxylation is 1. The smallest absolute Gasteiger partial charge is 0.259 e. The van der Waals surface area contributed by atoms with Gasteiger partial charge in [0, 0.05) is 21.2 Å². The van der Waals surface area contributed by atoms with Crippen molar-refractivity contribution in [2.24, 2.45) is 0 Å². The summed E-state index contributed by atoms with van der Waals surface area (Å²) in [5.74, 6) is 0.0146. The molecule has 0 saturated heterocycles. The van der Waals surface area contributed by atoms with Crippen LogP contribution in [0.2, 0.25) is 5.02 Å². The van der Waals surface area contributed by atoms with E-state index in [1.165, 1.54) is 0 Å². The molecule has 0 unspecified atom stereocenters. The fourth-order valence-corrected chi connectivity index (χ4v) is 2.86. The third-order valence-corrected chi connectivity index (χ3v) is 4.38. The number of carbonyl (C=O) groups excluding carboxylic acids is 1. The molecule has 2 aromatic carbocycles. The quantitative estimate of drug-likeness (QED) is 0.743. The van der Waals surface area contributed by atoms with Crippen LogP contribution < -0.4 is 4.90 Å². The number of hydrogen-bond acceptors (Lipinski definition) is 2. The Kier molecular flexibility index (Phi) is 5.11. The Bertz CT molecular complexity index is 688. The molecule has 3 nitrogen and oxygen atoms in total. The highest BCUT2D eigenvalue weighted by atomic mass is 127. The van der Waals surface area contributed by atoms with Gasteiger partial charge >= 0.3 is 0 Å². The van der Waals surface area contributed by atoms with Crippen LogP contribution in [0.15, 0.2) is 36.4 Å². The van der Waals surface area contributed by atoms with Gasteiger partial charge in [-0.15, -0.1) is 0 Å². The lowest BCUT2D eigenvalue weighted by Crippen LogP contribution is -2.31. The number of nitrogens with zero attached hydrogens (tertiary/aromatic N) is 1. The van der Waals surface area contributed by atoms with E-state index in [2.05, 4.69) is 22.6 Å². The Hall–Kier alpha value is -1.27. The normalized spacial score (nSPS) is 10.5. The van der Waals surface area contributed by atoms with Crippen molar-refractivity contribution in [1.29, 1.82) is 0 Å². The van der Waals surface area contributed by atoms with Crippen LogP contribution >= 0.6 is 34.2 Å². The maximum Gasteiger partial charge on any atom is 0.259 e. The van der Waals surface area contributed by atoms with Crippen molar-refractivity contribution in [2.45, 2.75) is 13.8 Å². The van der Waals surface area contributed by atoms with Gasteiger partial charge in [-0.25, -0.2) is 0 Å². The van der Waals surface area contributed by atoms with Crippen molar-refractivity contribution in [3.8, 4) is 5.75 Å². The average Bonchev–Trinajstić information content (AvgIpc) is 2.46. The first-order chi connectivity index (χ1) is 9.93. The van der Waals surface area contributed by atoms with Gasteiger partial charge in [-0.1, -0.05) is 17.7 Å². The highest BCUT2D eigenvalue weighted by molar-refractivity contribution is 14.1. The number of rotatable bonds is 3. The molecule has 110 valence electrons. The zero-order valence-electron chi connectivity index (χ0n) is 11.7. The Morgan fingerprint density at radius 1 is 1.29 bits per heavy atom. The molecule has 0 saturated carbocycles. The number of aromatic hydroxyl groups is 1. The van der Waals surface area contributed by atoms with Gasteiger partial charge in [0.1, 0.15) is 5.75 Å². The molecule has 0 spiro atoms. The molecule has 0 bridgehead atoms. The van der Waals surface area contributed by atoms with Gasteiger partial charge in [-0.3, -0.25) is 4.79 Å². The van der Waals surface area contributed by atoms with Crippen molar-refractivity contribution in [3.63, 3.8) is 0 Å². The highest BCUT2D eigenvalue weighted by Gasteiger charge is 2.20. The van der Waals surface area contributed by atoms with E-state index < -0.39 is 0 Å². The van der Waals surface area contributed by atoms with Crippen LogP contribution in [0.1, 0.15) is 22.8 Å². The molecule has 0 aliphatic carbocycles. The van der Waals surface area contributed by atoms with Crippen LogP contribution in [0, 0.1) is 10.5 Å². The Morgan fingerprint density at radius 3 is 2.67 bits per heavy atom. The molecule has 0 aliphatic rings. The third kappa shape index (κ3) is 3.49. The lowest BCUT2D eigenvalue weighted by molar-refractivity contribution is 0.0987. The summed E-state index contributed by atoms with van der Waals surface area (Å²) in [6, 6.07) is 10.3. The highest BCUT2D eigenvalue weighted by Crippen LogP contribution is 2.28. The zero-order chi connectivity index (χ0) is 15.6. The molecule has 0 fully saturated rings. The van der Waals surface area contributed by atoms with E-state index >= 15 is 0 Å². The summed E-state index contributed by atoms with van der Waals surface area (Å²) in [7, 11) is 0. The average molecular weight is 416 g/mol. The molecule has 1 N–H and O–H groups in total. The fourth-order valence-electron chi connectivity index (χ4n) is 2.12. The maximum atomic E-state index is 12.8. The minimum absolute atomic E-state index is 0.127. The van der Waals surface area contributed by atoms with Gasteiger partial charge in [-0.05, 0) is 66.3 Å². The summed E-state index contributed by atoms with van der Waals surface area (Å²) in [6.07, 6.45) is 0. The first-order valence-electron chi connectivity index (χ1n) is 6.50. The second kappa shape index (κ2) is 6.66. The van der Waals surface area contributed by atoms with Crippen LogP contribution in [-0.2, 0) is 0 Å². The van der Waals surface area contributed by atoms with E-state index in [1.807, 2.05) is 19.9 Å². The minimum atomic E-state index is -0.127. The number of amides is 1. The van der Waals surface area contributed by atoms with Gasteiger partial charge in [0.05, 0.1) is 11.3 Å². The predicted octanol–water partition coefficient (Wildman–Crippen LogP) is 4.63. The summed E-state index contributed by atoms with van der Waals surface area (Å²) in [6.45, 7) is 4.32. The molecular formula is C16H15ClINO2. The third-order valence-electron chi connectivity index (χ3n) is 3.20. The van der Waals surface area contributed by atoms with Crippen molar-refractivity contribution >= 4 is 45.8 Å². The summed E-state index contributed by atoms with van der Waals surface area (Å²) in [4.78, 5) is 14.4. The Morgan fingerprint density at radius 2 is 2.00 bits per heavy atom. The second-order valence-electron chi connectivity index (χ2n) is 4.64. The monoisotopic (exact) mass is 415 g/mol. The molecule has 0 aliphatic heterocycles. The molecule has 2 rings (SSSR count). The van der Waals surface area contributed by atoms with Crippen LogP contribution in [0.4, 0.5) is 5.69 Å². The number of benzene rings is 2. The summed E-state index contributed by atoms with van der Waals surface area (Å²) in [5.41, 5.74) is 2.20. The molecule has 0 heterocycles. The maximum absolute atomic E-state index is 12.8. The minimum Gasteiger partial charge on any atom is -0.508 e. The second-order valence-corrected chi connectivity index (χ2v) is 6.24. The standard InChI is InChI=1S/C16H15ClINO2/c1-3-19(15-9-12(20)6-4-10(15)2)16(21)13-8-11(17)5-7-14(13)18/h4-9,20H,3H2,1-2H3. The number of halogens is 2. The summed E-state index contributed by atoms with van der Waals surface area (Å²) < 4.78 is 0.846. The molecule has 1 amide bonds. The Labute approximate surface area is 142 Å². The molecule has 21 heavy (non-hydrogen) atoms. The molecule has 5 heteroatoms. The van der Waals surface area contributed by atoms with Crippen LogP contribution in [0.5, 0.6) is 5.75 Å². The number of hydrogen-bond donors (Lipinski definition) is 1. The first-order valence-corrected chi connectivity index (χ1v) is 7.96. The molecule has 0 atom stereocenters. The van der Waals surface area contributed by atoms with Crippen molar-refractivity contribution in [3.05, 3.63) is 56.1 Å². The number of carbonyl (C=O) groups is 1. The first kappa shape index (κ1) is 16.1. The van der Waals surface area contributed by atoms with E-state index in [9.17, 15) is 9.90 Å². The summed E-state index contributed by atoms with van der Waals surface area (Å²) >= 11 is 8.12. The number of anilines is 1. The lowest BCUT2D eigenvalue weighted by Gasteiger charge is -2.24. The zero-order valence-corrected chi connectivity index (χ0v) is 14.6. The summed E-state index contributed by atoms with van der Waals surface area (Å²) in [5, 5.41) is 10.2. The fraction of sp³-hybridized carbons (Fsp3) is 0.188.